The molecule has 0 aromatic carbocycles. The number of carbonyl (C=O) groups excluding carboxylic acids is 1. The molecule has 0 unspecified atom stereocenters. The fraction of sp³-hybridized carbons (Fsp3) is 0.500. The number of amides is 1. The summed E-state index contributed by atoms with van der Waals surface area (Å²) in [4.78, 5) is 22.9. The zero-order valence-electron chi connectivity index (χ0n) is 11.3. The van der Waals surface area contributed by atoms with Gasteiger partial charge in [-0.15, -0.1) is 11.3 Å². The fourth-order valence-corrected chi connectivity index (χ4v) is 3.46. The maximum absolute atomic E-state index is 12.5. The Bertz CT molecular complexity index is 538. The van der Waals surface area contributed by atoms with Crippen molar-refractivity contribution >= 4 is 17.2 Å². The van der Waals surface area contributed by atoms with Crippen molar-refractivity contribution in [2.45, 2.75) is 38.3 Å². The zero-order valence-corrected chi connectivity index (χ0v) is 12.1. The van der Waals surface area contributed by atoms with E-state index in [2.05, 4.69) is 9.97 Å². The highest BCUT2D eigenvalue weighted by Gasteiger charge is 2.29. The molecule has 0 N–H and O–H groups in total. The average Bonchev–Trinajstić information content (AvgIpc) is 3.18. The van der Waals surface area contributed by atoms with Gasteiger partial charge in [0.05, 0.1) is 12.4 Å². The molecule has 1 atom stereocenters. The van der Waals surface area contributed by atoms with Gasteiger partial charge >= 0.3 is 0 Å². The quantitative estimate of drug-likeness (QED) is 0.869. The highest BCUT2D eigenvalue weighted by molar-refractivity contribution is 7.09. The van der Waals surface area contributed by atoms with E-state index < -0.39 is 0 Å². The lowest BCUT2D eigenvalue weighted by Gasteiger charge is -2.34. The number of thiazole rings is 1. The number of carbonyl (C=O) groups is 1. The van der Waals surface area contributed by atoms with Gasteiger partial charge in [-0.05, 0) is 19.3 Å². The monoisotopic (exact) mass is 290 g/mol. The molecule has 0 aliphatic carbocycles. The van der Waals surface area contributed by atoms with Crippen LogP contribution in [0.15, 0.2) is 30.3 Å². The minimum absolute atomic E-state index is 0.180. The first-order valence-corrected chi connectivity index (χ1v) is 7.87. The predicted octanol–water partition coefficient (Wildman–Crippen LogP) is 2.48. The summed E-state index contributed by atoms with van der Waals surface area (Å²) in [5.74, 6) is 0.221. The van der Waals surface area contributed by atoms with Crippen molar-refractivity contribution in [2.24, 2.45) is 0 Å². The molecule has 3 heterocycles. The Morgan fingerprint density at radius 1 is 1.40 bits per heavy atom. The lowest BCUT2D eigenvalue weighted by molar-refractivity contribution is -0.135. The summed E-state index contributed by atoms with van der Waals surface area (Å²) >= 11 is 1.65. The van der Waals surface area contributed by atoms with Gasteiger partial charge in [-0.2, -0.15) is 0 Å². The largest absolute Gasteiger partial charge is 0.337 e. The fourth-order valence-electron chi connectivity index (χ4n) is 2.67. The summed E-state index contributed by atoms with van der Waals surface area (Å²) in [6.07, 6.45) is 11.0. The van der Waals surface area contributed by atoms with E-state index in [0.29, 0.717) is 13.0 Å². The van der Waals surface area contributed by atoms with Gasteiger partial charge in [0.1, 0.15) is 5.01 Å². The Morgan fingerprint density at radius 2 is 2.35 bits per heavy atom. The third-order valence-electron chi connectivity index (χ3n) is 3.70. The van der Waals surface area contributed by atoms with Gasteiger partial charge < -0.3 is 9.47 Å². The molecule has 2 aromatic rings. The summed E-state index contributed by atoms with van der Waals surface area (Å²) in [5.41, 5.74) is 0. The van der Waals surface area contributed by atoms with E-state index in [1.54, 1.807) is 23.9 Å². The molecule has 1 amide bonds. The molecule has 1 saturated heterocycles. The van der Waals surface area contributed by atoms with Crippen LogP contribution in [-0.4, -0.2) is 31.9 Å². The first kappa shape index (κ1) is 13.3. The van der Waals surface area contributed by atoms with E-state index in [0.717, 1.165) is 24.4 Å². The van der Waals surface area contributed by atoms with E-state index in [-0.39, 0.29) is 11.9 Å². The average molecular weight is 290 g/mol. The molecular formula is C14H18N4OS. The molecule has 1 aliphatic rings. The van der Waals surface area contributed by atoms with Crippen molar-refractivity contribution in [1.29, 1.82) is 0 Å². The molecule has 2 aromatic heterocycles. The minimum Gasteiger partial charge on any atom is -0.337 e. The molecule has 1 aliphatic heterocycles. The molecular weight excluding hydrogens is 272 g/mol. The van der Waals surface area contributed by atoms with Gasteiger partial charge in [-0.3, -0.25) is 4.79 Å². The van der Waals surface area contributed by atoms with Crippen LogP contribution in [0.1, 0.15) is 36.7 Å². The van der Waals surface area contributed by atoms with Crippen LogP contribution in [0.3, 0.4) is 0 Å². The van der Waals surface area contributed by atoms with Crippen LogP contribution < -0.4 is 0 Å². The minimum atomic E-state index is 0.180. The maximum atomic E-state index is 12.5. The summed E-state index contributed by atoms with van der Waals surface area (Å²) in [7, 11) is 0. The van der Waals surface area contributed by atoms with Gasteiger partial charge in [0.25, 0.3) is 0 Å². The number of aryl methyl sites for hydroxylation is 1. The summed E-state index contributed by atoms with van der Waals surface area (Å²) in [5, 5.41) is 3.05. The molecule has 0 radical (unpaired) electrons. The van der Waals surface area contributed by atoms with Crippen LogP contribution in [0.25, 0.3) is 0 Å². The van der Waals surface area contributed by atoms with Gasteiger partial charge in [0, 0.05) is 43.5 Å². The lowest BCUT2D eigenvalue weighted by Crippen LogP contribution is -2.38. The van der Waals surface area contributed by atoms with Crippen molar-refractivity contribution in [2.75, 3.05) is 6.54 Å². The lowest BCUT2D eigenvalue weighted by atomic mass is 10.0. The first-order chi connectivity index (χ1) is 9.84. The van der Waals surface area contributed by atoms with Crippen molar-refractivity contribution in [3.63, 3.8) is 0 Å². The summed E-state index contributed by atoms with van der Waals surface area (Å²) in [6.45, 7) is 1.55. The Kier molecular flexibility index (Phi) is 4.11. The Labute approximate surface area is 122 Å². The van der Waals surface area contributed by atoms with Gasteiger partial charge in [-0.1, -0.05) is 0 Å². The normalized spacial score (nSPS) is 19.2. The molecule has 20 heavy (non-hydrogen) atoms. The summed E-state index contributed by atoms with van der Waals surface area (Å²) in [6, 6.07) is 0.180. The number of hydrogen-bond donors (Lipinski definition) is 0. The van der Waals surface area contributed by atoms with E-state index in [1.807, 2.05) is 27.2 Å². The second-order valence-corrected chi connectivity index (χ2v) is 5.95. The van der Waals surface area contributed by atoms with Crippen molar-refractivity contribution < 1.29 is 4.79 Å². The van der Waals surface area contributed by atoms with E-state index >= 15 is 0 Å². The Hall–Kier alpha value is -1.69. The molecule has 6 heteroatoms. The molecule has 106 valence electrons. The number of nitrogens with zero attached hydrogens (tertiary/aromatic N) is 4. The molecule has 0 spiro atoms. The highest BCUT2D eigenvalue weighted by atomic mass is 32.1. The Balaban J connectivity index is 1.65. The second kappa shape index (κ2) is 6.17. The molecule has 0 bridgehead atoms. The molecule has 5 nitrogen and oxygen atoms in total. The third-order valence-corrected chi connectivity index (χ3v) is 4.58. The van der Waals surface area contributed by atoms with Crippen LogP contribution in [0, 0.1) is 0 Å². The first-order valence-electron chi connectivity index (χ1n) is 6.99. The zero-order chi connectivity index (χ0) is 13.8. The molecule has 3 rings (SSSR count). The standard InChI is InChI=1S/C14H18N4OS/c19-13(4-8-17-9-5-15-11-17)18-7-2-1-3-12(18)14-16-6-10-20-14/h5-6,9-12H,1-4,7-8H2/t12-/m0/s1. The van der Waals surface area contributed by atoms with Gasteiger partial charge in [-0.25, -0.2) is 9.97 Å². The molecule has 0 saturated carbocycles. The Morgan fingerprint density at radius 3 is 3.10 bits per heavy atom. The third kappa shape index (κ3) is 2.90. The number of likely N-dealkylation sites (tertiary alicyclic amines) is 1. The topological polar surface area (TPSA) is 51.0 Å². The maximum Gasteiger partial charge on any atom is 0.224 e. The number of piperidine rings is 1. The highest BCUT2D eigenvalue weighted by Crippen LogP contribution is 2.32. The van der Waals surface area contributed by atoms with E-state index in [4.69, 9.17) is 0 Å². The van der Waals surface area contributed by atoms with Crippen LogP contribution >= 0.6 is 11.3 Å². The SMILES string of the molecule is O=C(CCn1ccnc1)N1CCCC[C@H]1c1nccs1. The predicted molar refractivity (Wildman–Crippen MR) is 77.3 cm³/mol. The number of hydrogen-bond acceptors (Lipinski definition) is 4. The van der Waals surface area contributed by atoms with Crippen LogP contribution in [0.2, 0.25) is 0 Å². The molecule has 1 fully saturated rings. The number of imidazole rings is 1. The summed E-state index contributed by atoms with van der Waals surface area (Å²) < 4.78 is 1.94. The second-order valence-electron chi connectivity index (χ2n) is 5.02. The van der Waals surface area contributed by atoms with Gasteiger partial charge in [0.2, 0.25) is 5.91 Å². The van der Waals surface area contributed by atoms with Gasteiger partial charge in [0.15, 0.2) is 0 Å². The van der Waals surface area contributed by atoms with E-state index in [1.165, 1.54) is 6.42 Å². The van der Waals surface area contributed by atoms with E-state index in [9.17, 15) is 4.79 Å². The van der Waals surface area contributed by atoms with Crippen LogP contribution in [0.4, 0.5) is 0 Å². The van der Waals surface area contributed by atoms with Crippen LogP contribution in [0.5, 0.6) is 0 Å². The van der Waals surface area contributed by atoms with Crippen molar-refractivity contribution in [3.8, 4) is 0 Å². The number of aromatic nitrogens is 3. The smallest absolute Gasteiger partial charge is 0.224 e. The van der Waals surface area contributed by atoms with Crippen molar-refractivity contribution in [1.82, 2.24) is 19.4 Å². The van der Waals surface area contributed by atoms with Crippen LogP contribution in [-0.2, 0) is 11.3 Å². The number of rotatable bonds is 4. The van der Waals surface area contributed by atoms with Crippen molar-refractivity contribution in [3.05, 3.63) is 35.3 Å².